The summed E-state index contributed by atoms with van der Waals surface area (Å²) in [6.45, 7) is 0. The fourth-order valence-corrected chi connectivity index (χ4v) is 1.81. The van der Waals surface area contributed by atoms with Crippen molar-refractivity contribution < 1.29 is 28.2 Å². The minimum Gasteiger partial charge on any atom is -0.475 e. The van der Waals surface area contributed by atoms with Gasteiger partial charge in [-0.15, -0.1) is 13.9 Å². The molecule has 104 valence electrons. The molecule has 20 heavy (non-hydrogen) atoms. The van der Waals surface area contributed by atoms with E-state index in [4.69, 9.17) is 5.11 Å². The van der Waals surface area contributed by atoms with E-state index in [0.29, 0.717) is 5.56 Å². The van der Waals surface area contributed by atoms with E-state index in [-0.39, 0.29) is 23.1 Å². The molecule has 0 bridgehead atoms. The Morgan fingerprint density at radius 2 is 2.05 bits per heavy atom. The molecule has 0 saturated carbocycles. The zero-order valence-electron chi connectivity index (χ0n) is 10.0. The number of aryl methyl sites for hydroxylation is 1. The molecule has 9 heteroatoms. The van der Waals surface area contributed by atoms with Crippen LogP contribution < -0.4 is 9.47 Å². The monoisotopic (exact) mass is 283 g/mol. The van der Waals surface area contributed by atoms with Crippen LogP contribution in [-0.2, 0) is 7.05 Å². The van der Waals surface area contributed by atoms with E-state index in [1.54, 1.807) is 0 Å². The maximum absolute atomic E-state index is 12.9. The van der Waals surface area contributed by atoms with E-state index in [2.05, 4.69) is 19.6 Å². The lowest BCUT2D eigenvalue weighted by Crippen LogP contribution is -2.25. The SMILES string of the molecule is Cn1nc(C(=O)O)nc1-c1ccc2c(c1)OC(F)(F)O2. The van der Waals surface area contributed by atoms with E-state index >= 15 is 0 Å². The summed E-state index contributed by atoms with van der Waals surface area (Å²) in [5.74, 6) is -1.69. The van der Waals surface area contributed by atoms with Gasteiger partial charge >= 0.3 is 12.3 Å². The Kier molecular flexibility index (Phi) is 2.40. The van der Waals surface area contributed by atoms with Crippen LogP contribution in [0.15, 0.2) is 18.2 Å². The molecule has 0 amide bonds. The standard InChI is InChI=1S/C11H7F2N3O4/c1-16-9(14-8(15-16)10(17)18)5-2-3-6-7(4-5)20-11(12,13)19-6/h2-4H,1H3,(H,17,18). The van der Waals surface area contributed by atoms with Crippen LogP contribution in [0.3, 0.4) is 0 Å². The Hall–Kier alpha value is -2.71. The lowest BCUT2D eigenvalue weighted by molar-refractivity contribution is -0.286. The van der Waals surface area contributed by atoms with Crippen molar-refractivity contribution >= 4 is 5.97 Å². The Bertz CT molecular complexity index is 714. The zero-order valence-corrected chi connectivity index (χ0v) is 10.0. The minimum absolute atomic E-state index is 0.0978. The Labute approximate surface area is 110 Å². The van der Waals surface area contributed by atoms with Crippen LogP contribution in [0.5, 0.6) is 11.5 Å². The lowest BCUT2D eigenvalue weighted by atomic mass is 10.2. The van der Waals surface area contributed by atoms with Crippen LogP contribution >= 0.6 is 0 Å². The number of carboxylic acids is 1. The second-order valence-electron chi connectivity index (χ2n) is 4.02. The fourth-order valence-electron chi connectivity index (χ4n) is 1.81. The first-order valence-corrected chi connectivity index (χ1v) is 5.40. The Morgan fingerprint density at radius 3 is 2.70 bits per heavy atom. The molecule has 1 aromatic heterocycles. The van der Waals surface area contributed by atoms with Crippen molar-refractivity contribution in [1.82, 2.24) is 14.8 Å². The van der Waals surface area contributed by atoms with Gasteiger partial charge in [-0.25, -0.2) is 14.5 Å². The number of aromatic carboxylic acids is 1. The second-order valence-corrected chi connectivity index (χ2v) is 4.02. The average molecular weight is 283 g/mol. The Morgan fingerprint density at radius 1 is 1.35 bits per heavy atom. The van der Waals surface area contributed by atoms with Crippen molar-refractivity contribution in [1.29, 1.82) is 0 Å². The first-order valence-electron chi connectivity index (χ1n) is 5.40. The van der Waals surface area contributed by atoms with Crippen LogP contribution in [0.4, 0.5) is 8.78 Å². The minimum atomic E-state index is -3.70. The maximum atomic E-state index is 12.9. The van der Waals surface area contributed by atoms with Gasteiger partial charge in [-0.05, 0) is 18.2 Å². The smallest absolute Gasteiger partial charge is 0.475 e. The summed E-state index contributed by atoms with van der Waals surface area (Å²) in [6, 6.07) is 4.03. The number of carbonyl (C=O) groups is 1. The summed E-state index contributed by atoms with van der Waals surface area (Å²) in [5.41, 5.74) is 0.382. The molecule has 1 aromatic carbocycles. The topological polar surface area (TPSA) is 86.5 Å². The highest BCUT2D eigenvalue weighted by atomic mass is 19.3. The highest BCUT2D eigenvalue weighted by Gasteiger charge is 2.43. The molecule has 2 heterocycles. The van der Waals surface area contributed by atoms with Crippen molar-refractivity contribution in [2.75, 3.05) is 0 Å². The summed E-state index contributed by atoms with van der Waals surface area (Å²) >= 11 is 0. The molecular weight excluding hydrogens is 276 g/mol. The summed E-state index contributed by atoms with van der Waals surface area (Å²) in [5, 5.41) is 12.5. The van der Waals surface area contributed by atoms with Crippen molar-refractivity contribution in [2.24, 2.45) is 7.05 Å². The van der Waals surface area contributed by atoms with Crippen molar-refractivity contribution in [3.63, 3.8) is 0 Å². The Balaban J connectivity index is 2.03. The molecule has 2 aromatic rings. The molecule has 1 aliphatic rings. The van der Waals surface area contributed by atoms with Gasteiger partial charge in [0.1, 0.15) is 0 Å². The molecular formula is C11H7F2N3O4. The number of fused-ring (bicyclic) bond motifs is 1. The molecule has 1 aliphatic heterocycles. The summed E-state index contributed by atoms with van der Waals surface area (Å²) in [7, 11) is 1.49. The number of hydrogen-bond donors (Lipinski definition) is 1. The van der Waals surface area contributed by atoms with Gasteiger partial charge in [-0.1, -0.05) is 0 Å². The van der Waals surface area contributed by atoms with E-state index < -0.39 is 12.3 Å². The molecule has 0 atom stereocenters. The van der Waals surface area contributed by atoms with Gasteiger partial charge in [0.2, 0.25) is 0 Å². The third-order valence-electron chi connectivity index (χ3n) is 2.61. The van der Waals surface area contributed by atoms with Gasteiger partial charge in [-0.2, -0.15) is 0 Å². The van der Waals surface area contributed by atoms with Crippen molar-refractivity contribution in [2.45, 2.75) is 6.29 Å². The van der Waals surface area contributed by atoms with Gasteiger partial charge in [0, 0.05) is 12.6 Å². The second kappa shape index (κ2) is 3.89. The van der Waals surface area contributed by atoms with Crippen LogP contribution in [0.2, 0.25) is 0 Å². The van der Waals surface area contributed by atoms with Gasteiger partial charge < -0.3 is 14.6 Å². The van der Waals surface area contributed by atoms with Crippen molar-refractivity contribution in [3.8, 4) is 22.9 Å². The van der Waals surface area contributed by atoms with E-state index in [0.717, 1.165) is 0 Å². The molecule has 3 rings (SSSR count). The maximum Gasteiger partial charge on any atom is 0.586 e. The number of alkyl halides is 2. The molecule has 0 saturated heterocycles. The number of halogens is 2. The van der Waals surface area contributed by atoms with Crippen LogP contribution in [0.1, 0.15) is 10.6 Å². The summed E-state index contributed by atoms with van der Waals surface area (Å²) in [6.07, 6.45) is -3.70. The number of aromatic nitrogens is 3. The molecule has 0 radical (unpaired) electrons. The molecule has 0 aliphatic carbocycles. The normalized spacial score (nSPS) is 15.3. The van der Waals surface area contributed by atoms with Gasteiger partial charge in [0.25, 0.3) is 5.82 Å². The number of nitrogens with zero attached hydrogens (tertiary/aromatic N) is 3. The first-order chi connectivity index (χ1) is 9.35. The average Bonchev–Trinajstić information content (AvgIpc) is 2.86. The molecule has 0 fully saturated rings. The quantitative estimate of drug-likeness (QED) is 0.898. The van der Waals surface area contributed by atoms with E-state index in [1.165, 1.54) is 29.9 Å². The highest BCUT2D eigenvalue weighted by Crippen LogP contribution is 2.42. The van der Waals surface area contributed by atoms with E-state index in [1.807, 2.05) is 0 Å². The predicted molar refractivity (Wildman–Crippen MR) is 59.6 cm³/mol. The molecule has 0 unspecified atom stereocenters. The third-order valence-corrected chi connectivity index (χ3v) is 2.61. The van der Waals surface area contributed by atoms with Crippen LogP contribution in [0.25, 0.3) is 11.4 Å². The van der Waals surface area contributed by atoms with Gasteiger partial charge in [0.15, 0.2) is 17.3 Å². The van der Waals surface area contributed by atoms with Crippen molar-refractivity contribution in [3.05, 3.63) is 24.0 Å². The molecule has 7 nitrogen and oxygen atoms in total. The fraction of sp³-hybridized carbons (Fsp3) is 0.182. The number of benzene rings is 1. The number of rotatable bonds is 2. The molecule has 1 N–H and O–H groups in total. The lowest BCUT2D eigenvalue weighted by Gasteiger charge is -2.04. The highest BCUT2D eigenvalue weighted by molar-refractivity contribution is 5.83. The number of carboxylic acid groups (broad SMARTS) is 1. The third kappa shape index (κ3) is 1.92. The van der Waals surface area contributed by atoms with E-state index in [9.17, 15) is 13.6 Å². The molecule has 0 spiro atoms. The van der Waals surface area contributed by atoms with Crippen LogP contribution in [-0.4, -0.2) is 32.1 Å². The van der Waals surface area contributed by atoms with Gasteiger partial charge in [-0.3, -0.25) is 0 Å². The number of hydrogen-bond acceptors (Lipinski definition) is 5. The largest absolute Gasteiger partial charge is 0.586 e. The van der Waals surface area contributed by atoms with Crippen LogP contribution in [0, 0.1) is 0 Å². The summed E-state index contributed by atoms with van der Waals surface area (Å²) < 4.78 is 35.6. The van der Waals surface area contributed by atoms with Gasteiger partial charge in [0.05, 0.1) is 0 Å². The predicted octanol–water partition coefficient (Wildman–Crippen LogP) is 1.50. The zero-order chi connectivity index (χ0) is 14.5. The summed E-state index contributed by atoms with van der Waals surface area (Å²) in [4.78, 5) is 14.6. The first kappa shape index (κ1) is 12.3. The number of ether oxygens (including phenoxy) is 2.